The zero-order chi connectivity index (χ0) is 15.8. The number of hydrogen-bond donors (Lipinski definition) is 1. The Morgan fingerprint density at radius 1 is 1.38 bits per heavy atom. The third-order valence-electron chi connectivity index (χ3n) is 3.16. The van der Waals surface area contributed by atoms with Crippen LogP contribution in [0.3, 0.4) is 0 Å². The van der Waals surface area contributed by atoms with Gasteiger partial charge in [-0.3, -0.25) is 4.79 Å². The number of carbonyl (C=O) groups excluding carboxylic acids is 1. The molecule has 0 bridgehead atoms. The molecule has 1 aliphatic rings. The molecule has 4 nitrogen and oxygen atoms in total. The molecule has 1 aliphatic heterocycles. The monoisotopic (exact) mass is 304 g/mol. The molecular weight excluding hydrogens is 292 g/mol. The van der Waals surface area contributed by atoms with Gasteiger partial charge in [-0.1, -0.05) is 19.1 Å². The summed E-state index contributed by atoms with van der Waals surface area (Å²) in [7, 11) is 0. The van der Waals surface area contributed by atoms with E-state index in [1.54, 1.807) is 0 Å². The van der Waals surface area contributed by atoms with Crippen molar-refractivity contribution in [3.8, 4) is 0 Å². The van der Waals surface area contributed by atoms with Crippen LogP contribution in [0, 0.1) is 5.82 Å². The van der Waals surface area contributed by atoms with Crippen LogP contribution < -0.4 is 0 Å². The smallest absolute Gasteiger partial charge is 0.365 e. The highest BCUT2D eigenvalue weighted by Crippen LogP contribution is 2.39. The maximum absolute atomic E-state index is 12.9. The van der Waals surface area contributed by atoms with Gasteiger partial charge < -0.3 is 5.11 Å². The first-order valence-electron chi connectivity index (χ1n) is 6.14. The second-order valence-electron chi connectivity index (χ2n) is 4.60. The molecule has 0 aromatic heterocycles. The molecule has 2 rings (SSSR count). The Bertz CT molecular complexity index is 583. The van der Waals surface area contributed by atoms with Crippen LogP contribution in [0.5, 0.6) is 0 Å². The largest absolute Gasteiger partial charge is 0.431 e. The van der Waals surface area contributed by atoms with Crippen LogP contribution in [0.1, 0.15) is 25.3 Å². The van der Waals surface area contributed by atoms with Crippen molar-refractivity contribution in [3.05, 3.63) is 35.6 Å². The Hall–Kier alpha value is -1.96. The Kier molecular flexibility index (Phi) is 3.75. The molecule has 1 aromatic rings. The van der Waals surface area contributed by atoms with Crippen LogP contribution in [-0.4, -0.2) is 27.9 Å². The summed E-state index contributed by atoms with van der Waals surface area (Å²) in [6, 6.07) is 4.24. The fourth-order valence-corrected chi connectivity index (χ4v) is 2.06. The molecule has 1 N–H and O–H groups in total. The minimum absolute atomic E-state index is 0.0336. The number of amides is 1. The molecule has 21 heavy (non-hydrogen) atoms. The first kappa shape index (κ1) is 15.4. The predicted octanol–water partition coefficient (Wildman–Crippen LogP) is 2.53. The fourth-order valence-electron chi connectivity index (χ4n) is 2.06. The summed E-state index contributed by atoms with van der Waals surface area (Å²) in [4.78, 5) is 11.8. The van der Waals surface area contributed by atoms with Crippen LogP contribution >= 0.6 is 0 Å². The highest BCUT2D eigenvalue weighted by molar-refractivity contribution is 5.94. The summed E-state index contributed by atoms with van der Waals surface area (Å²) < 4.78 is 51.3. The molecule has 1 amide bonds. The van der Waals surface area contributed by atoms with Crippen molar-refractivity contribution in [3.63, 3.8) is 0 Å². The van der Waals surface area contributed by atoms with Crippen molar-refractivity contribution < 1.29 is 27.5 Å². The van der Waals surface area contributed by atoms with Gasteiger partial charge in [0.2, 0.25) is 5.91 Å². The van der Waals surface area contributed by atoms with E-state index in [9.17, 15) is 27.5 Å². The first-order valence-corrected chi connectivity index (χ1v) is 6.14. The lowest BCUT2D eigenvalue weighted by Gasteiger charge is -2.31. The summed E-state index contributed by atoms with van der Waals surface area (Å²) >= 11 is 0. The molecule has 0 unspecified atom stereocenters. The van der Waals surface area contributed by atoms with Crippen LogP contribution in [0.25, 0.3) is 0 Å². The van der Waals surface area contributed by atoms with Gasteiger partial charge in [-0.05, 0) is 12.1 Å². The van der Waals surface area contributed by atoms with E-state index in [0.717, 1.165) is 24.3 Å². The topological polar surface area (TPSA) is 52.9 Å². The Morgan fingerprint density at radius 3 is 2.43 bits per heavy atom. The molecule has 1 heterocycles. The Labute approximate surface area is 117 Å². The van der Waals surface area contributed by atoms with Crippen molar-refractivity contribution in [2.75, 3.05) is 0 Å². The number of alkyl halides is 3. The second-order valence-corrected chi connectivity index (χ2v) is 4.60. The molecule has 0 spiro atoms. The van der Waals surface area contributed by atoms with Gasteiger partial charge in [-0.25, -0.2) is 4.39 Å². The number of hydrazone groups is 1. The minimum atomic E-state index is -4.75. The maximum atomic E-state index is 12.9. The van der Waals surface area contributed by atoms with Crippen molar-refractivity contribution in [1.82, 2.24) is 5.01 Å². The highest BCUT2D eigenvalue weighted by atomic mass is 19.4. The molecule has 8 heteroatoms. The number of benzene rings is 1. The van der Waals surface area contributed by atoms with Crippen LogP contribution in [0.2, 0.25) is 0 Å². The van der Waals surface area contributed by atoms with E-state index in [0.29, 0.717) is 5.01 Å². The van der Waals surface area contributed by atoms with Crippen LogP contribution in [0.4, 0.5) is 17.6 Å². The van der Waals surface area contributed by atoms with Gasteiger partial charge in [-0.2, -0.15) is 23.3 Å². The SMILES string of the molecule is CCC(=O)N1N=C(C(F)(F)F)C[C@@]1(O)c1ccc(F)cc1. The quantitative estimate of drug-likeness (QED) is 0.854. The molecule has 0 saturated carbocycles. The second kappa shape index (κ2) is 5.10. The standard InChI is InChI=1S/C13H12F4N2O2/c1-2-11(20)19-12(21,7-10(18-19)13(15,16)17)8-3-5-9(14)6-4-8/h3-6,21H,2,7H2,1H3/t12-/m1/s1. The van der Waals surface area contributed by atoms with E-state index < -0.39 is 35.8 Å². The molecule has 0 saturated heterocycles. The van der Waals surface area contributed by atoms with Crippen LogP contribution in [-0.2, 0) is 10.5 Å². The lowest BCUT2D eigenvalue weighted by molar-refractivity contribution is -0.157. The minimum Gasteiger partial charge on any atom is -0.365 e. The number of nitrogens with zero attached hydrogens (tertiary/aromatic N) is 2. The Morgan fingerprint density at radius 2 is 1.95 bits per heavy atom. The summed E-state index contributed by atoms with van der Waals surface area (Å²) in [5.41, 5.74) is -3.55. The number of hydrogen-bond acceptors (Lipinski definition) is 3. The molecule has 0 fully saturated rings. The lowest BCUT2D eigenvalue weighted by Crippen LogP contribution is -2.43. The number of carbonyl (C=O) groups is 1. The third kappa shape index (κ3) is 2.76. The number of aliphatic hydroxyl groups is 1. The lowest BCUT2D eigenvalue weighted by atomic mass is 9.97. The maximum Gasteiger partial charge on any atom is 0.431 e. The van der Waals surface area contributed by atoms with Gasteiger partial charge in [0.25, 0.3) is 0 Å². The number of halogens is 4. The normalized spacial score (nSPS) is 22.4. The first-order chi connectivity index (χ1) is 9.68. The zero-order valence-corrected chi connectivity index (χ0v) is 11.0. The van der Waals surface area contributed by atoms with E-state index in [-0.39, 0.29) is 12.0 Å². The van der Waals surface area contributed by atoms with Gasteiger partial charge in [0.15, 0.2) is 5.72 Å². The van der Waals surface area contributed by atoms with E-state index in [1.807, 2.05) is 0 Å². The third-order valence-corrected chi connectivity index (χ3v) is 3.16. The van der Waals surface area contributed by atoms with Crippen LogP contribution in [0.15, 0.2) is 29.4 Å². The summed E-state index contributed by atoms with van der Waals surface area (Å²) in [6.07, 6.45) is -5.78. The summed E-state index contributed by atoms with van der Waals surface area (Å²) in [6.45, 7) is 1.44. The van der Waals surface area contributed by atoms with Crippen molar-refractivity contribution >= 4 is 11.6 Å². The predicted molar refractivity (Wildman–Crippen MR) is 65.5 cm³/mol. The van der Waals surface area contributed by atoms with E-state index in [4.69, 9.17) is 0 Å². The van der Waals surface area contributed by atoms with Gasteiger partial charge in [0.1, 0.15) is 11.5 Å². The highest BCUT2D eigenvalue weighted by Gasteiger charge is 2.52. The molecular formula is C13H12F4N2O2. The van der Waals surface area contributed by atoms with Crippen molar-refractivity contribution in [1.29, 1.82) is 0 Å². The van der Waals surface area contributed by atoms with Crippen molar-refractivity contribution in [2.45, 2.75) is 31.7 Å². The molecule has 114 valence electrons. The van der Waals surface area contributed by atoms with E-state index in [1.165, 1.54) is 6.92 Å². The Balaban J connectivity index is 2.46. The molecule has 0 aliphatic carbocycles. The molecule has 0 radical (unpaired) electrons. The molecule has 1 atom stereocenters. The van der Waals surface area contributed by atoms with Gasteiger partial charge in [0, 0.05) is 12.0 Å². The summed E-state index contributed by atoms with van der Waals surface area (Å²) in [5, 5.41) is 14.2. The van der Waals surface area contributed by atoms with Gasteiger partial charge in [-0.15, -0.1) is 0 Å². The van der Waals surface area contributed by atoms with Gasteiger partial charge >= 0.3 is 6.18 Å². The molecule has 1 aromatic carbocycles. The zero-order valence-electron chi connectivity index (χ0n) is 11.0. The average Bonchev–Trinajstić information content (AvgIpc) is 2.78. The van der Waals surface area contributed by atoms with Gasteiger partial charge in [0.05, 0.1) is 6.42 Å². The number of rotatable bonds is 2. The van der Waals surface area contributed by atoms with E-state index in [2.05, 4.69) is 5.10 Å². The van der Waals surface area contributed by atoms with Crippen molar-refractivity contribution in [2.24, 2.45) is 5.10 Å². The average molecular weight is 304 g/mol. The fraction of sp³-hybridized carbons (Fsp3) is 0.385. The van der Waals surface area contributed by atoms with E-state index >= 15 is 0 Å². The summed E-state index contributed by atoms with van der Waals surface area (Å²) in [5.74, 6) is -1.37.